The number of benzene rings is 3. The molecular weight excluding hydrogens is 436 g/mol. The van der Waals surface area contributed by atoms with Crippen LogP contribution in [0.15, 0.2) is 72.8 Å². The van der Waals surface area contributed by atoms with Gasteiger partial charge in [-0.2, -0.15) is 0 Å². The number of fused-ring (bicyclic) bond motifs is 4. The zero-order chi connectivity index (χ0) is 22.3. The maximum Gasteiger partial charge on any atom is 0.0402 e. The van der Waals surface area contributed by atoms with Crippen LogP contribution in [0.5, 0.6) is 0 Å². The molecule has 0 unspecified atom stereocenters. The Hall–Kier alpha value is -2.29. The summed E-state index contributed by atoms with van der Waals surface area (Å²) in [5.41, 5.74) is 9.69. The minimum atomic E-state index is 0. The number of likely N-dealkylation sites (N-methyl/N-ethyl adjacent to an activating group) is 1. The second kappa shape index (κ2) is 9.76. The highest BCUT2D eigenvalue weighted by molar-refractivity contribution is 5.85. The van der Waals surface area contributed by atoms with Crippen LogP contribution >= 0.6 is 12.4 Å². The molecule has 1 aliphatic carbocycles. The zero-order valence-corrected chi connectivity index (χ0v) is 21.2. The SMILES string of the molecule is CN1CC2(CCN(CCCC3c4ccccc4CCc4ccccc43)CC2)c2ccccc21.Cl. The van der Waals surface area contributed by atoms with E-state index in [0.717, 1.165) is 0 Å². The molecule has 3 aliphatic rings. The molecule has 6 rings (SSSR count). The predicted molar refractivity (Wildman–Crippen MR) is 146 cm³/mol. The van der Waals surface area contributed by atoms with Gasteiger partial charge in [0.2, 0.25) is 0 Å². The van der Waals surface area contributed by atoms with Gasteiger partial charge in [-0.1, -0.05) is 66.7 Å². The van der Waals surface area contributed by atoms with Gasteiger partial charge in [0, 0.05) is 30.6 Å². The molecule has 178 valence electrons. The van der Waals surface area contributed by atoms with Crippen LogP contribution < -0.4 is 4.90 Å². The summed E-state index contributed by atoms with van der Waals surface area (Å²) in [5.74, 6) is 0.548. The van der Waals surface area contributed by atoms with Crippen LogP contribution in [0.1, 0.15) is 59.4 Å². The van der Waals surface area contributed by atoms with E-state index in [2.05, 4.69) is 89.6 Å². The summed E-state index contributed by atoms with van der Waals surface area (Å²) < 4.78 is 0. The molecule has 34 heavy (non-hydrogen) atoms. The Morgan fingerprint density at radius 2 is 1.38 bits per heavy atom. The smallest absolute Gasteiger partial charge is 0.0402 e. The van der Waals surface area contributed by atoms with Crippen LogP contribution in [0.4, 0.5) is 5.69 Å². The van der Waals surface area contributed by atoms with Crippen molar-refractivity contribution in [2.24, 2.45) is 0 Å². The lowest BCUT2D eigenvalue weighted by molar-refractivity contribution is 0.164. The topological polar surface area (TPSA) is 6.48 Å². The first kappa shape index (κ1) is 23.5. The Labute approximate surface area is 211 Å². The van der Waals surface area contributed by atoms with E-state index in [-0.39, 0.29) is 12.4 Å². The monoisotopic (exact) mass is 472 g/mol. The summed E-state index contributed by atoms with van der Waals surface area (Å²) in [4.78, 5) is 5.21. The van der Waals surface area contributed by atoms with E-state index < -0.39 is 0 Å². The lowest BCUT2D eigenvalue weighted by atomic mass is 9.74. The molecule has 3 aromatic rings. The molecule has 0 N–H and O–H groups in total. The highest BCUT2D eigenvalue weighted by atomic mass is 35.5. The van der Waals surface area contributed by atoms with Crippen molar-refractivity contribution in [2.75, 3.05) is 38.1 Å². The fourth-order valence-corrected chi connectivity index (χ4v) is 6.98. The Bertz CT molecular complexity index is 1080. The van der Waals surface area contributed by atoms with Crippen molar-refractivity contribution in [2.45, 2.75) is 49.9 Å². The number of anilines is 1. The Morgan fingerprint density at radius 3 is 2.06 bits per heavy atom. The van der Waals surface area contributed by atoms with Crippen molar-refractivity contribution in [3.05, 3.63) is 101 Å². The Balaban J connectivity index is 0.00000241. The van der Waals surface area contributed by atoms with Crippen molar-refractivity contribution in [1.29, 1.82) is 0 Å². The van der Waals surface area contributed by atoms with E-state index in [4.69, 9.17) is 0 Å². The number of para-hydroxylation sites is 1. The van der Waals surface area contributed by atoms with Crippen molar-refractivity contribution in [1.82, 2.24) is 4.90 Å². The van der Waals surface area contributed by atoms with Gasteiger partial charge in [0.05, 0.1) is 0 Å². The maximum atomic E-state index is 2.74. The lowest BCUT2D eigenvalue weighted by Crippen LogP contribution is -2.45. The van der Waals surface area contributed by atoms with E-state index in [1.807, 2.05) is 0 Å². The average Bonchev–Trinajstić information content (AvgIpc) is 3.03. The minimum absolute atomic E-state index is 0. The fraction of sp³-hybridized carbons (Fsp3) is 0.419. The molecule has 0 saturated carbocycles. The molecule has 0 amide bonds. The third kappa shape index (κ3) is 4.16. The average molecular weight is 473 g/mol. The summed E-state index contributed by atoms with van der Waals surface area (Å²) in [6.07, 6.45) is 7.46. The summed E-state index contributed by atoms with van der Waals surface area (Å²) in [7, 11) is 2.27. The molecule has 0 bridgehead atoms. The number of rotatable bonds is 4. The minimum Gasteiger partial charge on any atom is -0.373 e. The predicted octanol–water partition coefficient (Wildman–Crippen LogP) is 6.60. The van der Waals surface area contributed by atoms with Crippen LogP contribution in [-0.4, -0.2) is 38.1 Å². The van der Waals surface area contributed by atoms with Crippen LogP contribution in [0.2, 0.25) is 0 Å². The molecule has 0 radical (unpaired) electrons. The number of hydrogen-bond donors (Lipinski definition) is 0. The Kier molecular flexibility index (Phi) is 6.73. The molecular formula is C31H37ClN2. The van der Waals surface area contributed by atoms with Crippen LogP contribution in [-0.2, 0) is 18.3 Å². The van der Waals surface area contributed by atoms with E-state index in [1.54, 1.807) is 27.8 Å². The second-order valence-corrected chi connectivity index (χ2v) is 10.6. The summed E-state index contributed by atoms with van der Waals surface area (Å²) in [5, 5.41) is 0. The summed E-state index contributed by atoms with van der Waals surface area (Å²) in [6, 6.07) is 27.5. The molecule has 1 spiro atoms. The largest absolute Gasteiger partial charge is 0.373 e. The molecule has 2 nitrogen and oxygen atoms in total. The quantitative estimate of drug-likeness (QED) is 0.422. The molecule has 0 aromatic heterocycles. The highest BCUT2D eigenvalue weighted by Gasteiger charge is 2.43. The molecule has 2 aliphatic heterocycles. The van der Waals surface area contributed by atoms with E-state index in [0.29, 0.717) is 11.3 Å². The standard InChI is InChI=1S/C31H36N2.ClH/c1-32-23-31(29-14-6-7-15-30(29)32)18-21-33(22-19-31)20-8-13-28-26-11-4-2-9-24(26)16-17-25-10-3-5-12-27(25)28;/h2-7,9-12,14-15,28H,8,13,16-23H2,1H3;1H. The first-order chi connectivity index (χ1) is 16.2. The number of aryl methyl sites for hydroxylation is 2. The maximum absolute atomic E-state index is 2.74. The first-order valence-electron chi connectivity index (χ1n) is 12.9. The van der Waals surface area contributed by atoms with Crippen molar-refractivity contribution in [3.63, 3.8) is 0 Å². The number of piperidine rings is 1. The lowest BCUT2D eigenvalue weighted by Gasteiger charge is -2.40. The molecule has 2 heterocycles. The molecule has 0 atom stereocenters. The number of hydrogen-bond acceptors (Lipinski definition) is 2. The first-order valence-corrected chi connectivity index (χ1v) is 12.9. The van der Waals surface area contributed by atoms with Gasteiger partial charge in [-0.25, -0.2) is 0 Å². The van der Waals surface area contributed by atoms with Gasteiger partial charge in [0.1, 0.15) is 0 Å². The highest BCUT2D eigenvalue weighted by Crippen LogP contribution is 2.46. The van der Waals surface area contributed by atoms with Crippen LogP contribution in [0.25, 0.3) is 0 Å². The molecule has 3 heteroatoms. The van der Waals surface area contributed by atoms with E-state index >= 15 is 0 Å². The third-order valence-corrected chi connectivity index (χ3v) is 8.73. The van der Waals surface area contributed by atoms with Gasteiger partial charge in [-0.05, 0) is 92.0 Å². The molecule has 1 fully saturated rings. The van der Waals surface area contributed by atoms with E-state index in [9.17, 15) is 0 Å². The van der Waals surface area contributed by atoms with Crippen LogP contribution in [0.3, 0.4) is 0 Å². The van der Waals surface area contributed by atoms with Gasteiger partial charge in [0.15, 0.2) is 0 Å². The number of nitrogens with zero attached hydrogens (tertiary/aromatic N) is 2. The molecule has 3 aromatic carbocycles. The summed E-state index contributed by atoms with van der Waals surface area (Å²) >= 11 is 0. The van der Waals surface area contributed by atoms with Gasteiger partial charge in [-0.3, -0.25) is 0 Å². The zero-order valence-electron chi connectivity index (χ0n) is 20.4. The van der Waals surface area contributed by atoms with Gasteiger partial charge in [0.25, 0.3) is 0 Å². The van der Waals surface area contributed by atoms with Gasteiger partial charge in [-0.15, -0.1) is 12.4 Å². The van der Waals surface area contributed by atoms with Gasteiger partial charge >= 0.3 is 0 Å². The number of halogens is 1. The Morgan fingerprint density at radius 1 is 0.794 bits per heavy atom. The fourth-order valence-electron chi connectivity index (χ4n) is 6.98. The normalized spacial score (nSPS) is 19.1. The van der Waals surface area contributed by atoms with Crippen molar-refractivity contribution >= 4 is 18.1 Å². The third-order valence-electron chi connectivity index (χ3n) is 8.73. The number of likely N-dealkylation sites (tertiary alicyclic amines) is 1. The van der Waals surface area contributed by atoms with Gasteiger partial charge < -0.3 is 9.80 Å². The second-order valence-electron chi connectivity index (χ2n) is 10.6. The van der Waals surface area contributed by atoms with E-state index in [1.165, 1.54) is 70.4 Å². The summed E-state index contributed by atoms with van der Waals surface area (Å²) in [6.45, 7) is 4.89. The molecule has 1 saturated heterocycles. The van der Waals surface area contributed by atoms with Crippen molar-refractivity contribution in [3.8, 4) is 0 Å². The van der Waals surface area contributed by atoms with Crippen LogP contribution in [0, 0.1) is 0 Å². The van der Waals surface area contributed by atoms with Crippen molar-refractivity contribution < 1.29 is 0 Å².